The predicted octanol–water partition coefficient (Wildman–Crippen LogP) is 0.570. The van der Waals surface area contributed by atoms with Crippen molar-refractivity contribution in [3.8, 4) is 0 Å². The summed E-state index contributed by atoms with van der Waals surface area (Å²) in [7, 11) is 0. The second kappa shape index (κ2) is 8.38. The first-order valence-corrected chi connectivity index (χ1v) is 10.5. The average molecular weight is 424 g/mol. The van der Waals surface area contributed by atoms with E-state index in [1.165, 1.54) is 4.57 Å². The second-order valence-corrected chi connectivity index (χ2v) is 7.60. The normalized spacial score (nSPS) is 17.4. The van der Waals surface area contributed by atoms with Crippen LogP contribution in [-0.2, 0) is 16.1 Å². The Morgan fingerprint density at radius 1 is 0.968 bits per heavy atom. The van der Waals surface area contributed by atoms with Crippen LogP contribution < -0.4 is 15.6 Å². The van der Waals surface area contributed by atoms with Crippen molar-refractivity contribution < 1.29 is 13.9 Å². The molecule has 1 amide bonds. The van der Waals surface area contributed by atoms with E-state index in [4.69, 9.17) is 14.1 Å². The molecule has 2 aromatic heterocycles. The minimum Gasteiger partial charge on any atom is -0.408 e. The molecule has 0 aliphatic carbocycles. The van der Waals surface area contributed by atoms with Gasteiger partial charge in [0.1, 0.15) is 12.4 Å². The number of carbonyl (C=O) groups is 1. The lowest BCUT2D eigenvalue weighted by Gasteiger charge is -2.36. The fraction of sp³-hybridized carbons (Fsp3) is 0.429. The summed E-state index contributed by atoms with van der Waals surface area (Å²) in [5, 5.41) is 0. The van der Waals surface area contributed by atoms with E-state index in [0.29, 0.717) is 56.4 Å². The third kappa shape index (κ3) is 3.98. The maximum absolute atomic E-state index is 12.8. The van der Waals surface area contributed by atoms with E-state index < -0.39 is 5.76 Å². The summed E-state index contributed by atoms with van der Waals surface area (Å²) < 4.78 is 12.0. The van der Waals surface area contributed by atoms with E-state index in [-0.39, 0.29) is 12.5 Å². The lowest BCUT2D eigenvalue weighted by atomic mass is 10.3. The van der Waals surface area contributed by atoms with Crippen molar-refractivity contribution in [2.24, 2.45) is 0 Å². The summed E-state index contributed by atoms with van der Waals surface area (Å²) in [4.78, 5) is 40.2. The van der Waals surface area contributed by atoms with Gasteiger partial charge in [0.25, 0.3) is 0 Å². The van der Waals surface area contributed by atoms with Crippen LogP contribution >= 0.6 is 0 Å². The number of anilines is 2. The molecule has 10 heteroatoms. The van der Waals surface area contributed by atoms with Crippen LogP contribution in [0.5, 0.6) is 0 Å². The fourth-order valence-electron chi connectivity index (χ4n) is 4.01. The van der Waals surface area contributed by atoms with E-state index in [9.17, 15) is 9.59 Å². The van der Waals surface area contributed by atoms with Gasteiger partial charge < -0.3 is 23.9 Å². The minimum atomic E-state index is -0.509. The van der Waals surface area contributed by atoms with Crippen molar-refractivity contribution >= 4 is 28.8 Å². The molecule has 2 aliphatic rings. The Morgan fingerprint density at radius 3 is 2.55 bits per heavy atom. The molecule has 0 spiro atoms. The molecular weight excluding hydrogens is 400 g/mol. The smallest absolute Gasteiger partial charge is 0.408 e. The number of ether oxygens (including phenoxy) is 1. The van der Waals surface area contributed by atoms with Crippen LogP contribution in [0, 0.1) is 0 Å². The van der Waals surface area contributed by atoms with Crippen LogP contribution in [-0.4, -0.2) is 77.8 Å². The number of hydrogen-bond donors (Lipinski definition) is 0. The zero-order valence-corrected chi connectivity index (χ0v) is 17.1. The number of para-hydroxylation sites is 2. The molecule has 3 aromatic rings. The molecule has 1 aromatic carbocycles. The molecule has 31 heavy (non-hydrogen) atoms. The van der Waals surface area contributed by atoms with Gasteiger partial charge in [-0.3, -0.25) is 9.36 Å². The number of oxazole rings is 1. The molecular formula is C21H24N6O4. The Balaban J connectivity index is 1.23. The van der Waals surface area contributed by atoms with Crippen molar-refractivity contribution in [3.63, 3.8) is 0 Å². The monoisotopic (exact) mass is 424 g/mol. The molecule has 5 rings (SSSR count). The van der Waals surface area contributed by atoms with E-state index in [1.54, 1.807) is 29.3 Å². The Hall–Kier alpha value is -3.40. The zero-order chi connectivity index (χ0) is 21.2. The van der Waals surface area contributed by atoms with Gasteiger partial charge in [-0.1, -0.05) is 12.1 Å². The topological polar surface area (TPSA) is 96.9 Å². The Labute approximate surface area is 178 Å². The van der Waals surface area contributed by atoms with Gasteiger partial charge in [0, 0.05) is 45.5 Å². The summed E-state index contributed by atoms with van der Waals surface area (Å²) in [5.74, 6) is 0.973. The van der Waals surface area contributed by atoms with Crippen LogP contribution in [0.2, 0.25) is 0 Å². The SMILES string of the molecule is O=C(Cn1c(=O)oc2ccccc21)N1CCN(c2ccnc(N3CCOCC3)n2)CC1. The Bertz CT molecular complexity index is 1130. The number of hydrogen-bond acceptors (Lipinski definition) is 8. The molecule has 0 atom stereocenters. The summed E-state index contributed by atoms with van der Waals surface area (Å²) in [5.41, 5.74) is 1.13. The van der Waals surface area contributed by atoms with Gasteiger partial charge in [-0.05, 0) is 18.2 Å². The minimum absolute atomic E-state index is 0.0233. The highest BCUT2D eigenvalue weighted by Crippen LogP contribution is 2.18. The zero-order valence-electron chi connectivity index (χ0n) is 17.1. The molecule has 0 bridgehead atoms. The highest BCUT2D eigenvalue weighted by molar-refractivity contribution is 5.79. The van der Waals surface area contributed by atoms with Crippen LogP contribution in [0.4, 0.5) is 11.8 Å². The maximum atomic E-state index is 12.8. The Kier molecular flexibility index (Phi) is 5.29. The van der Waals surface area contributed by atoms with Crippen molar-refractivity contribution in [1.82, 2.24) is 19.4 Å². The predicted molar refractivity (Wildman–Crippen MR) is 114 cm³/mol. The number of aromatic nitrogens is 3. The number of fused-ring (bicyclic) bond motifs is 1. The average Bonchev–Trinajstić information content (AvgIpc) is 3.15. The number of rotatable bonds is 4. The first kappa shape index (κ1) is 19.6. The lowest BCUT2D eigenvalue weighted by Crippen LogP contribution is -2.50. The van der Waals surface area contributed by atoms with Gasteiger partial charge in [0.15, 0.2) is 5.58 Å². The third-order valence-corrected chi connectivity index (χ3v) is 5.75. The van der Waals surface area contributed by atoms with Crippen LogP contribution in [0.15, 0.2) is 45.7 Å². The quantitative estimate of drug-likeness (QED) is 0.600. The van der Waals surface area contributed by atoms with Gasteiger partial charge >= 0.3 is 5.76 Å². The lowest BCUT2D eigenvalue weighted by molar-refractivity contribution is -0.132. The molecule has 0 saturated carbocycles. The number of carbonyl (C=O) groups excluding carboxylic acids is 1. The van der Waals surface area contributed by atoms with Crippen molar-refractivity contribution in [3.05, 3.63) is 47.1 Å². The summed E-state index contributed by atoms with van der Waals surface area (Å²) in [6, 6.07) is 9.03. The number of nitrogens with zero attached hydrogens (tertiary/aromatic N) is 6. The van der Waals surface area contributed by atoms with Crippen molar-refractivity contribution in [1.29, 1.82) is 0 Å². The number of piperazine rings is 1. The van der Waals surface area contributed by atoms with E-state index >= 15 is 0 Å². The molecule has 0 unspecified atom stereocenters. The van der Waals surface area contributed by atoms with Gasteiger partial charge in [0.2, 0.25) is 11.9 Å². The molecule has 0 N–H and O–H groups in total. The Morgan fingerprint density at radius 2 is 1.74 bits per heavy atom. The number of morpholine rings is 1. The van der Waals surface area contributed by atoms with Gasteiger partial charge in [-0.2, -0.15) is 4.98 Å². The van der Waals surface area contributed by atoms with Gasteiger partial charge in [0.05, 0.1) is 18.7 Å². The van der Waals surface area contributed by atoms with Crippen molar-refractivity contribution in [2.45, 2.75) is 6.54 Å². The molecule has 10 nitrogen and oxygen atoms in total. The standard InChI is InChI=1S/C21H24N6O4/c28-19(15-27-16-3-1-2-4-17(16)31-21(27)29)25-9-7-24(8-10-25)18-5-6-22-20(23-18)26-11-13-30-14-12-26/h1-6H,7-15H2. The molecule has 0 radical (unpaired) electrons. The van der Waals surface area contributed by atoms with Crippen LogP contribution in [0.25, 0.3) is 11.1 Å². The third-order valence-electron chi connectivity index (χ3n) is 5.75. The molecule has 162 valence electrons. The molecule has 4 heterocycles. The number of benzene rings is 1. The highest BCUT2D eigenvalue weighted by Gasteiger charge is 2.24. The summed E-state index contributed by atoms with van der Waals surface area (Å²) >= 11 is 0. The van der Waals surface area contributed by atoms with E-state index in [2.05, 4.69) is 14.8 Å². The highest BCUT2D eigenvalue weighted by atomic mass is 16.5. The van der Waals surface area contributed by atoms with Crippen LogP contribution in [0.1, 0.15) is 0 Å². The molecule has 2 fully saturated rings. The molecule has 2 aliphatic heterocycles. The molecule has 2 saturated heterocycles. The largest absolute Gasteiger partial charge is 0.420 e. The van der Waals surface area contributed by atoms with E-state index in [0.717, 1.165) is 18.9 Å². The first-order valence-electron chi connectivity index (χ1n) is 10.5. The fourth-order valence-corrected chi connectivity index (χ4v) is 4.01. The maximum Gasteiger partial charge on any atom is 0.420 e. The number of amides is 1. The van der Waals surface area contributed by atoms with E-state index in [1.807, 2.05) is 12.1 Å². The summed E-state index contributed by atoms with van der Waals surface area (Å²) in [6.45, 7) is 5.40. The van der Waals surface area contributed by atoms with Gasteiger partial charge in [-0.25, -0.2) is 9.78 Å². The van der Waals surface area contributed by atoms with Crippen LogP contribution in [0.3, 0.4) is 0 Å². The first-order chi connectivity index (χ1) is 15.2. The summed E-state index contributed by atoms with van der Waals surface area (Å²) in [6.07, 6.45) is 1.78. The van der Waals surface area contributed by atoms with Gasteiger partial charge in [-0.15, -0.1) is 0 Å². The van der Waals surface area contributed by atoms with Crippen molar-refractivity contribution in [2.75, 3.05) is 62.3 Å². The second-order valence-electron chi connectivity index (χ2n) is 7.60.